The third-order valence-electron chi connectivity index (χ3n) is 4.08. The van der Waals surface area contributed by atoms with E-state index in [0.717, 1.165) is 32.1 Å². The number of hydrogen-bond donors (Lipinski definition) is 1. The van der Waals surface area contributed by atoms with E-state index in [1.165, 1.54) is 0 Å². The fourth-order valence-electron chi connectivity index (χ4n) is 2.94. The molecule has 2 atom stereocenters. The van der Waals surface area contributed by atoms with Gasteiger partial charge in [-0.25, -0.2) is 0 Å². The third-order valence-corrected chi connectivity index (χ3v) is 4.08. The van der Waals surface area contributed by atoms with Gasteiger partial charge in [-0.05, 0) is 25.0 Å². The zero-order chi connectivity index (χ0) is 14.5. The summed E-state index contributed by atoms with van der Waals surface area (Å²) in [7, 11) is 3.14. The van der Waals surface area contributed by atoms with E-state index < -0.39 is 0 Å². The average molecular weight is 277 g/mol. The van der Waals surface area contributed by atoms with E-state index in [0.29, 0.717) is 17.1 Å². The largest absolute Gasteiger partial charge is 0.496 e. The number of Topliss-reactive ketones (excluding diaryl/α,β-unsaturated/α-hetero) is 1. The molecule has 20 heavy (non-hydrogen) atoms. The van der Waals surface area contributed by atoms with Crippen LogP contribution < -0.4 is 15.2 Å². The van der Waals surface area contributed by atoms with Gasteiger partial charge in [0.25, 0.3) is 0 Å². The summed E-state index contributed by atoms with van der Waals surface area (Å²) in [5, 5.41) is 0. The predicted octanol–water partition coefficient (Wildman–Crippen LogP) is 2.79. The molecule has 0 amide bonds. The van der Waals surface area contributed by atoms with Crippen molar-refractivity contribution in [2.24, 2.45) is 11.7 Å². The molecular weight excluding hydrogens is 254 g/mol. The molecule has 1 aliphatic rings. The molecule has 4 nitrogen and oxygen atoms in total. The Bertz CT molecular complexity index is 451. The summed E-state index contributed by atoms with van der Waals surface area (Å²) in [6.45, 7) is 0. The van der Waals surface area contributed by atoms with Crippen LogP contribution in [0.25, 0.3) is 0 Å². The molecule has 2 N–H and O–H groups in total. The Morgan fingerprint density at radius 2 is 1.70 bits per heavy atom. The number of methoxy groups -OCH3 is 2. The van der Waals surface area contributed by atoms with Gasteiger partial charge in [-0.3, -0.25) is 4.79 Å². The standard InChI is InChI=1S/C16H23NO3/c1-19-13-9-6-10-14(20-2)15(13)16(18)11-7-4-3-5-8-12(11)17/h6,9-12H,3-5,7-8,17H2,1-2H3. The number of ether oxygens (including phenoxy) is 2. The molecule has 0 aromatic heterocycles. The van der Waals surface area contributed by atoms with Gasteiger partial charge in [0.05, 0.1) is 14.2 Å². The van der Waals surface area contributed by atoms with Crippen molar-refractivity contribution in [1.82, 2.24) is 0 Å². The Hall–Kier alpha value is -1.55. The molecule has 2 rings (SSSR count). The third kappa shape index (κ3) is 2.96. The van der Waals surface area contributed by atoms with Crippen molar-refractivity contribution in [3.8, 4) is 11.5 Å². The normalized spacial score (nSPS) is 22.9. The van der Waals surface area contributed by atoms with E-state index in [4.69, 9.17) is 15.2 Å². The van der Waals surface area contributed by atoms with Crippen molar-refractivity contribution in [2.45, 2.75) is 38.1 Å². The molecule has 2 unspecified atom stereocenters. The van der Waals surface area contributed by atoms with E-state index in [1.54, 1.807) is 26.4 Å². The number of hydrogen-bond acceptors (Lipinski definition) is 4. The van der Waals surface area contributed by atoms with Crippen molar-refractivity contribution in [3.63, 3.8) is 0 Å². The van der Waals surface area contributed by atoms with Crippen LogP contribution >= 0.6 is 0 Å². The minimum absolute atomic E-state index is 0.0497. The van der Waals surface area contributed by atoms with Crippen LogP contribution in [0, 0.1) is 5.92 Å². The predicted molar refractivity (Wildman–Crippen MR) is 78.4 cm³/mol. The SMILES string of the molecule is COc1cccc(OC)c1C(=O)C1CCCCCC1N. The summed E-state index contributed by atoms with van der Waals surface area (Å²) in [4.78, 5) is 12.9. The monoisotopic (exact) mass is 277 g/mol. The van der Waals surface area contributed by atoms with Crippen LogP contribution in [0.2, 0.25) is 0 Å². The lowest BCUT2D eigenvalue weighted by Gasteiger charge is -2.22. The summed E-state index contributed by atoms with van der Waals surface area (Å²) < 4.78 is 10.6. The molecule has 1 fully saturated rings. The molecular formula is C16H23NO3. The first-order valence-corrected chi connectivity index (χ1v) is 7.19. The second-order valence-corrected chi connectivity index (χ2v) is 5.31. The summed E-state index contributed by atoms with van der Waals surface area (Å²) in [5.74, 6) is 1.04. The fraction of sp³-hybridized carbons (Fsp3) is 0.562. The molecule has 0 spiro atoms. The Labute approximate surface area is 120 Å². The van der Waals surface area contributed by atoms with Gasteiger partial charge in [-0.15, -0.1) is 0 Å². The number of benzene rings is 1. The first kappa shape index (κ1) is 14.9. The van der Waals surface area contributed by atoms with E-state index in [2.05, 4.69) is 0 Å². The lowest BCUT2D eigenvalue weighted by Crippen LogP contribution is -2.35. The molecule has 110 valence electrons. The molecule has 4 heteroatoms. The number of ketones is 1. The Kier molecular flexibility index (Phi) is 5.01. The van der Waals surface area contributed by atoms with E-state index in [9.17, 15) is 4.79 Å². The quantitative estimate of drug-likeness (QED) is 0.679. The molecule has 1 aliphatic carbocycles. The Morgan fingerprint density at radius 3 is 2.30 bits per heavy atom. The van der Waals surface area contributed by atoms with Crippen LogP contribution in [-0.4, -0.2) is 26.0 Å². The second-order valence-electron chi connectivity index (χ2n) is 5.31. The Balaban J connectivity index is 2.36. The molecule has 0 saturated heterocycles. The van der Waals surface area contributed by atoms with Gasteiger partial charge in [-0.2, -0.15) is 0 Å². The van der Waals surface area contributed by atoms with Crippen molar-refractivity contribution in [2.75, 3.05) is 14.2 Å². The summed E-state index contributed by atoms with van der Waals surface area (Å²) in [6, 6.07) is 5.33. The number of carbonyl (C=O) groups excluding carboxylic acids is 1. The Morgan fingerprint density at radius 1 is 1.10 bits per heavy atom. The number of rotatable bonds is 4. The number of nitrogens with two attached hydrogens (primary N) is 1. The molecule has 0 aliphatic heterocycles. The van der Waals surface area contributed by atoms with Crippen LogP contribution in [0.1, 0.15) is 42.5 Å². The first-order chi connectivity index (χ1) is 9.69. The summed E-state index contributed by atoms with van der Waals surface area (Å²) in [5.41, 5.74) is 6.73. The smallest absolute Gasteiger partial charge is 0.174 e. The van der Waals surface area contributed by atoms with Gasteiger partial charge in [0, 0.05) is 12.0 Å². The van der Waals surface area contributed by atoms with Crippen molar-refractivity contribution in [1.29, 1.82) is 0 Å². The van der Waals surface area contributed by atoms with Crippen LogP contribution in [0.3, 0.4) is 0 Å². The van der Waals surface area contributed by atoms with Gasteiger partial charge in [-0.1, -0.05) is 25.3 Å². The maximum Gasteiger partial charge on any atom is 0.174 e. The maximum atomic E-state index is 12.9. The van der Waals surface area contributed by atoms with Crippen molar-refractivity contribution >= 4 is 5.78 Å². The lowest BCUT2D eigenvalue weighted by atomic mass is 9.87. The van der Waals surface area contributed by atoms with Gasteiger partial charge in [0.1, 0.15) is 17.1 Å². The van der Waals surface area contributed by atoms with Crippen LogP contribution in [0.15, 0.2) is 18.2 Å². The minimum Gasteiger partial charge on any atom is -0.496 e. The van der Waals surface area contributed by atoms with Crippen molar-refractivity contribution < 1.29 is 14.3 Å². The highest BCUT2D eigenvalue weighted by molar-refractivity contribution is 6.03. The minimum atomic E-state index is -0.136. The number of carbonyl (C=O) groups is 1. The van der Waals surface area contributed by atoms with Crippen LogP contribution in [0.4, 0.5) is 0 Å². The summed E-state index contributed by atoms with van der Waals surface area (Å²) >= 11 is 0. The highest BCUT2D eigenvalue weighted by atomic mass is 16.5. The fourth-order valence-corrected chi connectivity index (χ4v) is 2.94. The van der Waals surface area contributed by atoms with Crippen LogP contribution in [-0.2, 0) is 0 Å². The summed E-state index contributed by atoms with van der Waals surface area (Å²) in [6.07, 6.45) is 5.07. The molecule has 0 radical (unpaired) electrons. The molecule has 1 aromatic rings. The molecule has 0 bridgehead atoms. The van der Waals surface area contributed by atoms with E-state index in [1.807, 2.05) is 6.07 Å². The molecule has 1 saturated carbocycles. The second kappa shape index (κ2) is 6.75. The van der Waals surface area contributed by atoms with Gasteiger partial charge < -0.3 is 15.2 Å². The van der Waals surface area contributed by atoms with E-state index >= 15 is 0 Å². The highest BCUT2D eigenvalue weighted by Gasteiger charge is 2.31. The first-order valence-electron chi connectivity index (χ1n) is 7.19. The van der Waals surface area contributed by atoms with Crippen LogP contribution in [0.5, 0.6) is 11.5 Å². The topological polar surface area (TPSA) is 61.5 Å². The molecule has 0 heterocycles. The van der Waals surface area contributed by atoms with E-state index in [-0.39, 0.29) is 17.7 Å². The van der Waals surface area contributed by atoms with Gasteiger partial charge in [0.15, 0.2) is 5.78 Å². The maximum absolute atomic E-state index is 12.9. The highest BCUT2D eigenvalue weighted by Crippen LogP contribution is 2.34. The average Bonchev–Trinajstić information content (AvgIpc) is 2.70. The lowest BCUT2D eigenvalue weighted by molar-refractivity contribution is 0.0888. The van der Waals surface area contributed by atoms with Crippen molar-refractivity contribution in [3.05, 3.63) is 23.8 Å². The zero-order valence-electron chi connectivity index (χ0n) is 12.2. The van der Waals surface area contributed by atoms with Gasteiger partial charge >= 0.3 is 0 Å². The molecule has 1 aromatic carbocycles. The zero-order valence-corrected chi connectivity index (χ0v) is 12.2. The van der Waals surface area contributed by atoms with Gasteiger partial charge in [0.2, 0.25) is 0 Å².